The first-order valence-corrected chi connectivity index (χ1v) is 24.3. The maximum absolute atomic E-state index is 3.61. The quantitative estimate of drug-likeness (QED) is 0.0594. The lowest BCUT2D eigenvalue weighted by Gasteiger charge is -2.15. The van der Waals surface area contributed by atoms with Crippen molar-refractivity contribution in [1.29, 1.82) is 0 Å². The van der Waals surface area contributed by atoms with Crippen LogP contribution in [0.1, 0.15) is 288 Å². The van der Waals surface area contributed by atoms with Gasteiger partial charge in [0, 0.05) is 0 Å². The van der Waals surface area contributed by atoms with Gasteiger partial charge in [-0.25, -0.2) is 0 Å². The highest BCUT2D eigenvalue weighted by Gasteiger charge is 2.09. The minimum Gasteiger partial charge on any atom is -0.0654 e. The van der Waals surface area contributed by atoms with Crippen LogP contribution in [0.4, 0.5) is 0 Å². The predicted octanol–water partition coefficient (Wildman–Crippen LogP) is 18.4. The molecule has 0 aliphatic carbocycles. The lowest BCUT2D eigenvalue weighted by molar-refractivity contribution is 0.536. The molecule has 0 heterocycles. The number of rotatable bonds is 42. The van der Waals surface area contributed by atoms with Gasteiger partial charge in [-0.05, 0) is 61.3 Å². The monoisotopic (exact) mass is 708 g/mol. The summed E-state index contributed by atoms with van der Waals surface area (Å²) in [5, 5.41) is 0. The van der Waals surface area contributed by atoms with Crippen molar-refractivity contribution in [3.63, 3.8) is 0 Å². The van der Waals surface area contributed by atoms with Gasteiger partial charge in [0.2, 0.25) is 0 Å². The molecule has 0 atom stereocenters. The minimum absolute atomic E-state index is 1.29. The van der Waals surface area contributed by atoms with Crippen LogP contribution in [0.2, 0.25) is 0 Å². The Labute approximate surface area is 324 Å². The van der Waals surface area contributed by atoms with Crippen molar-refractivity contribution in [2.75, 3.05) is 0 Å². The summed E-state index contributed by atoms with van der Waals surface area (Å²) >= 11 is 0. The molecule has 0 spiro atoms. The largest absolute Gasteiger partial charge is 0.0654 e. The number of hydrogen-bond acceptors (Lipinski definition) is 0. The molecule has 0 saturated heterocycles. The van der Waals surface area contributed by atoms with Crippen LogP contribution in [-0.2, 0) is 19.3 Å². The van der Waals surface area contributed by atoms with Crippen molar-refractivity contribution >= 4 is 0 Å². The fourth-order valence-corrected chi connectivity index (χ4v) is 8.38. The zero-order chi connectivity index (χ0) is 36.6. The van der Waals surface area contributed by atoms with Crippen LogP contribution in [0, 0.1) is 6.07 Å². The summed E-state index contributed by atoms with van der Waals surface area (Å²) in [6.45, 7) is 6.95. The molecule has 299 valence electrons. The predicted molar refractivity (Wildman–Crippen MR) is 233 cm³/mol. The molecule has 0 amide bonds. The van der Waals surface area contributed by atoms with Crippen LogP contribution < -0.4 is 0 Å². The second-order valence-corrected chi connectivity index (χ2v) is 17.0. The molecule has 0 bridgehead atoms. The SMILES string of the molecule is CCCCCCCCCCCCCCCc1c[c]cc(CCCCCCCCCCCCCCC)c1CCCCCCCCCCCCCCC. The molecule has 0 aliphatic rings. The third-order valence-electron chi connectivity index (χ3n) is 11.9. The summed E-state index contributed by atoms with van der Waals surface area (Å²) in [5.41, 5.74) is 5.06. The van der Waals surface area contributed by atoms with Gasteiger partial charge in [-0.15, -0.1) is 0 Å². The summed E-state index contributed by atoms with van der Waals surface area (Å²) in [5.74, 6) is 0. The van der Waals surface area contributed by atoms with Crippen LogP contribution in [-0.4, -0.2) is 0 Å². The summed E-state index contributed by atoms with van der Waals surface area (Å²) in [6, 6.07) is 8.37. The summed E-state index contributed by atoms with van der Waals surface area (Å²) < 4.78 is 0. The molecular formula is C51H95. The highest BCUT2D eigenvalue weighted by atomic mass is 14.1. The molecule has 0 saturated carbocycles. The normalized spacial score (nSPS) is 11.6. The van der Waals surface area contributed by atoms with E-state index in [9.17, 15) is 0 Å². The molecule has 1 aromatic rings. The maximum atomic E-state index is 3.61. The Balaban J connectivity index is 2.35. The molecule has 0 aliphatic heterocycles. The van der Waals surface area contributed by atoms with Gasteiger partial charge in [-0.3, -0.25) is 0 Å². The van der Waals surface area contributed by atoms with Crippen molar-refractivity contribution in [3.05, 3.63) is 34.9 Å². The lowest BCUT2D eigenvalue weighted by atomic mass is 9.90. The van der Waals surface area contributed by atoms with E-state index in [2.05, 4.69) is 39.0 Å². The molecule has 0 aromatic heterocycles. The van der Waals surface area contributed by atoms with Gasteiger partial charge in [0.15, 0.2) is 0 Å². The smallest absolute Gasteiger partial charge is 0.0178 e. The van der Waals surface area contributed by atoms with Gasteiger partial charge in [-0.2, -0.15) is 0 Å². The second kappa shape index (κ2) is 40.4. The van der Waals surface area contributed by atoms with Gasteiger partial charge in [-0.1, -0.05) is 264 Å². The Hall–Kier alpha value is -0.780. The van der Waals surface area contributed by atoms with Gasteiger partial charge in [0.25, 0.3) is 0 Å². The molecule has 51 heavy (non-hydrogen) atoms. The fourth-order valence-electron chi connectivity index (χ4n) is 8.38. The van der Waals surface area contributed by atoms with Gasteiger partial charge < -0.3 is 0 Å². The Morgan fingerprint density at radius 1 is 0.255 bits per heavy atom. The third kappa shape index (κ3) is 32.4. The standard InChI is InChI=1S/C51H95/c1-4-7-10-13-16-19-22-25-28-31-34-37-40-44-49-46-43-47-50(45-41-38-35-32-29-26-23-20-17-14-11-8-5-2)51(49)48-42-39-36-33-30-27-24-21-18-15-12-9-6-3/h46-47H,4-42,44-45,48H2,1-3H3. The average molecular weight is 708 g/mol. The first-order chi connectivity index (χ1) is 25.3. The van der Waals surface area contributed by atoms with E-state index in [4.69, 9.17) is 0 Å². The van der Waals surface area contributed by atoms with E-state index in [-0.39, 0.29) is 0 Å². The van der Waals surface area contributed by atoms with Gasteiger partial charge >= 0.3 is 0 Å². The zero-order valence-electron chi connectivity index (χ0n) is 35.9. The van der Waals surface area contributed by atoms with E-state index in [0.29, 0.717) is 0 Å². The summed E-state index contributed by atoms with van der Waals surface area (Å²) in [6.07, 6.45) is 60.1. The van der Waals surface area contributed by atoms with E-state index in [1.807, 2.05) is 0 Å². The van der Waals surface area contributed by atoms with Crippen molar-refractivity contribution < 1.29 is 0 Å². The molecule has 0 unspecified atom stereocenters. The number of hydrogen-bond donors (Lipinski definition) is 0. The lowest BCUT2D eigenvalue weighted by Crippen LogP contribution is -2.02. The number of aryl methyl sites for hydroxylation is 2. The van der Waals surface area contributed by atoms with E-state index in [1.165, 1.54) is 270 Å². The highest BCUT2D eigenvalue weighted by Crippen LogP contribution is 2.24. The molecule has 0 fully saturated rings. The molecule has 0 heteroatoms. The third-order valence-corrected chi connectivity index (χ3v) is 11.9. The summed E-state index contributed by atoms with van der Waals surface area (Å²) in [4.78, 5) is 0. The van der Waals surface area contributed by atoms with Gasteiger partial charge in [0.05, 0.1) is 0 Å². The van der Waals surface area contributed by atoms with Crippen molar-refractivity contribution in [2.24, 2.45) is 0 Å². The number of benzene rings is 1. The van der Waals surface area contributed by atoms with E-state index >= 15 is 0 Å². The van der Waals surface area contributed by atoms with Crippen molar-refractivity contribution in [3.8, 4) is 0 Å². The van der Waals surface area contributed by atoms with E-state index < -0.39 is 0 Å². The van der Waals surface area contributed by atoms with Crippen LogP contribution in [0.15, 0.2) is 12.1 Å². The van der Waals surface area contributed by atoms with Crippen LogP contribution in [0.25, 0.3) is 0 Å². The topological polar surface area (TPSA) is 0 Å². The Bertz CT molecular complexity index is 743. The van der Waals surface area contributed by atoms with Gasteiger partial charge in [0.1, 0.15) is 0 Å². The Morgan fingerprint density at radius 2 is 0.451 bits per heavy atom. The maximum Gasteiger partial charge on any atom is -0.0178 e. The number of unbranched alkanes of at least 4 members (excludes halogenated alkanes) is 36. The highest BCUT2D eigenvalue weighted by molar-refractivity contribution is 5.35. The molecule has 1 rings (SSSR count). The Morgan fingerprint density at radius 3 is 0.686 bits per heavy atom. The molecule has 0 N–H and O–H groups in total. The summed E-state index contributed by atoms with van der Waals surface area (Å²) in [7, 11) is 0. The van der Waals surface area contributed by atoms with Crippen molar-refractivity contribution in [2.45, 2.75) is 290 Å². The minimum atomic E-state index is 1.29. The fraction of sp³-hybridized carbons (Fsp3) is 0.882. The van der Waals surface area contributed by atoms with Crippen LogP contribution in [0.3, 0.4) is 0 Å². The van der Waals surface area contributed by atoms with E-state index in [0.717, 1.165) is 0 Å². The van der Waals surface area contributed by atoms with E-state index in [1.54, 1.807) is 16.7 Å². The average Bonchev–Trinajstić information content (AvgIpc) is 3.14. The van der Waals surface area contributed by atoms with Crippen molar-refractivity contribution in [1.82, 2.24) is 0 Å². The first-order valence-electron chi connectivity index (χ1n) is 24.3. The molecule has 1 radical (unpaired) electrons. The van der Waals surface area contributed by atoms with Crippen LogP contribution in [0.5, 0.6) is 0 Å². The molecular weight excluding hydrogens is 613 g/mol. The van der Waals surface area contributed by atoms with Crippen LogP contribution >= 0.6 is 0 Å². The zero-order valence-corrected chi connectivity index (χ0v) is 35.9. The molecule has 1 aromatic carbocycles. The molecule has 0 nitrogen and oxygen atoms in total. The Kier molecular flexibility index (Phi) is 38.2. The second-order valence-electron chi connectivity index (χ2n) is 17.0. The first kappa shape index (κ1) is 48.2.